The van der Waals surface area contributed by atoms with Crippen molar-refractivity contribution in [3.8, 4) is 0 Å². The van der Waals surface area contributed by atoms with Crippen LogP contribution in [0.15, 0.2) is 12.2 Å². The quantitative estimate of drug-likeness (QED) is 0.237. The number of hydrogen-bond acceptors (Lipinski definition) is 9. The van der Waals surface area contributed by atoms with Crippen molar-refractivity contribution in [1.82, 2.24) is 9.96 Å². The largest absolute Gasteiger partial charge is 0.536 e. The molecule has 0 aromatic carbocycles. The average molecular weight is 382 g/mol. The predicted molar refractivity (Wildman–Crippen MR) is 83.9 cm³/mol. The molecule has 0 atom stereocenters. The molecule has 0 spiro atoms. The molecule has 0 aliphatic carbocycles. The van der Waals surface area contributed by atoms with Crippen LogP contribution in [0.1, 0.15) is 38.5 Å². The Morgan fingerprint density at radius 2 is 1.52 bits per heavy atom. The number of carbonyl (C=O) groups excluding carboxylic acids is 6. The van der Waals surface area contributed by atoms with Gasteiger partial charge < -0.3 is 9.47 Å². The smallest absolute Gasteiger partial charge is 0.428 e. The Kier molecular flexibility index (Phi) is 7.03. The third-order valence-electron chi connectivity index (χ3n) is 3.73. The third-order valence-corrected chi connectivity index (χ3v) is 3.73. The van der Waals surface area contributed by atoms with E-state index in [2.05, 4.69) is 14.3 Å². The summed E-state index contributed by atoms with van der Waals surface area (Å²) in [6.07, 6.45) is 2.66. The van der Waals surface area contributed by atoms with E-state index < -0.39 is 30.7 Å². The maximum atomic E-state index is 11.5. The Labute approximate surface area is 153 Å². The van der Waals surface area contributed by atoms with Crippen molar-refractivity contribution in [2.24, 2.45) is 0 Å². The van der Waals surface area contributed by atoms with Crippen LogP contribution in [0.4, 0.5) is 4.79 Å². The first-order chi connectivity index (χ1) is 12.9. The molecule has 11 heteroatoms. The molecule has 2 aliphatic rings. The predicted octanol–water partition coefficient (Wildman–Crippen LogP) is 0.190. The summed E-state index contributed by atoms with van der Waals surface area (Å²) in [5, 5.41) is 0.315. The number of nitrogens with zero attached hydrogens (tertiary/aromatic N) is 2. The highest BCUT2D eigenvalue weighted by Crippen LogP contribution is 2.12. The minimum atomic E-state index is -1.33. The Bertz CT molecular complexity index is 651. The molecule has 11 nitrogen and oxygen atoms in total. The fraction of sp³-hybridized carbons (Fsp3) is 0.500. The highest BCUT2D eigenvalue weighted by atomic mass is 16.9. The number of amides is 4. The van der Waals surface area contributed by atoms with Crippen LogP contribution in [0.25, 0.3) is 0 Å². The standard InChI is InChI=1S/C16H18N2O9/c19-11-5-6-12(20)17(11)9-3-1-2-4-15(23)25-10-26-16(24)27-18-13(21)7-8-14(18)22/h5-6H,1-4,7-10H2. The van der Waals surface area contributed by atoms with E-state index in [4.69, 9.17) is 0 Å². The molecule has 1 fully saturated rings. The molecule has 27 heavy (non-hydrogen) atoms. The lowest BCUT2D eigenvalue weighted by molar-refractivity contribution is -0.182. The third kappa shape index (κ3) is 5.90. The Hall–Kier alpha value is -3.24. The van der Waals surface area contributed by atoms with Crippen LogP contribution in [-0.4, -0.2) is 59.1 Å². The van der Waals surface area contributed by atoms with E-state index in [9.17, 15) is 28.8 Å². The van der Waals surface area contributed by atoms with E-state index in [1.165, 1.54) is 12.2 Å². The second-order valence-electron chi connectivity index (χ2n) is 5.67. The first-order valence-electron chi connectivity index (χ1n) is 8.28. The molecule has 0 saturated carbocycles. The van der Waals surface area contributed by atoms with Gasteiger partial charge >= 0.3 is 12.1 Å². The lowest BCUT2D eigenvalue weighted by atomic mass is 10.2. The molecule has 2 rings (SSSR count). The summed E-state index contributed by atoms with van der Waals surface area (Å²) in [6.45, 7) is -0.432. The maximum Gasteiger partial charge on any atom is 0.536 e. The van der Waals surface area contributed by atoms with E-state index >= 15 is 0 Å². The summed E-state index contributed by atoms with van der Waals surface area (Å²) in [7, 11) is 0. The molecule has 0 bridgehead atoms. The number of hydroxylamine groups is 2. The molecule has 1 saturated heterocycles. The van der Waals surface area contributed by atoms with Crippen molar-refractivity contribution >= 4 is 35.8 Å². The summed E-state index contributed by atoms with van der Waals surface area (Å²) in [5.74, 6) is -2.61. The molecule has 0 aromatic rings. The first-order valence-corrected chi connectivity index (χ1v) is 8.28. The van der Waals surface area contributed by atoms with Crippen molar-refractivity contribution in [2.75, 3.05) is 13.3 Å². The maximum absolute atomic E-state index is 11.5. The monoisotopic (exact) mass is 382 g/mol. The van der Waals surface area contributed by atoms with E-state index in [1.807, 2.05) is 0 Å². The molecular formula is C16H18N2O9. The van der Waals surface area contributed by atoms with Gasteiger partial charge in [0.1, 0.15) is 0 Å². The van der Waals surface area contributed by atoms with Gasteiger partial charge in [0.2, 0.25) is 6.79 Å². The van der Waals surface area contributed by atoms with Gasteiger partial charge in [-0.05, 0) is 12.8 Å². The zero-order valence-corrected chi connectivity index (χ0v) is 14.4. The molecule has 4 amide bonds. The fourth-order valence-corrected chi connectivity index (χ4v) is 2.34. The number of ether oxygens (including phenoxy) is 2. The Morgan fingerprint density at radius 1 is 0.889 bits per heavy atom. The fourth-order valence-electron chi connectivity index (χ4n) is 2.34. The normalized spacial score (nSPS) is 16.3. The van der Waals surface area contributed by atoms with E-state index in [0.29, 0.717) is 24.3 Å². The van der Waals surface area contributed by atoms with Crippen LogP contribution in [0, 0.1) is 0 Å². The van der Waals surface area contributed by atoms with Gasteiger partial charge in [-0.15, -0.1) is 0 Å². The van der Waals surface area contributed by atoms with Crippen LogP contribution >= 0.6 is 0 Å². The van der Waals surface area contributed by atoms with Gasteiger partial charge in [-0.25, -0.2) is 4.79 Å². The Morgan fingerprint density at radius 3 is 2.15 bits per heavy atom. The molecule has 0 unspecified atom stereocenters. The highest BCUT2D eigenvalue weighted by Gasteiger charge is 2.33. The zero-order valence-electron chi connectivity index (χ0n) is 14.4. The lowest BCUT2D eigenvalue weighted by Crippen LogP contribution is -2.32. The van der Waals surface area contributed by atoms with Crippen molar-refractivity contribution in [2.45, 2.75) is 38.5 Å². The van der Waals surface area contributed by atoms with Crippen LogP contribution < -0.4 is 0 Å². The number of esters is 1. The van der Waals surface area contributed by atoms with E-state index in [0.717, 1.165) is 4.90 Å². The summed E-state index contributed by atoms with van der Waals surface area (Å²) in [6, 6.07) is 0. The van der Waals surface area contributed by atoms with Crippen LogP contribution in [0.5, 0.6) is 0 Å². The number of carbonyl (C=O) groups is 6. The van der Waals surface area contributed by atoms with E-state index in [-0.39, 0.29) is 37.6 Å². The van der Waals surface area contributed by atoms with Gasteiger partial charge in [-0.1, -0.05) is 11.5 Å². The van der Waals surface area contributed by atoms with Crippen LogP contribution in [-0.2, 0) is 38.3 Å². The summed E-state index contributed by atoms with van der Waals surface area (Å²) in [4.78, 5) is 73.5. The lowest BCUT2D eigenvalue weighted by Gasteiger charge is -2.13. The number of unbranched alkanes of at least 4 members (excludes halogenated alkanes) is 2. The second-order valence-corrected chi connectivity index (χ2v) is 5.67. The van der Waals surface area contributed by atoms with Crippen molar-refractivity contribution < 1.29 is 43.1 Å². The van der Waals surface area contributed by atoms with Gasteiger partial charge in [0.05, 0.1) is 0 Å². The minimum absolute atomic E-state index is 0.0440. The topological polar surface area (TPSA) is 137 Å². The molecule has 146 valence electrons. The summed E-state index contributed by atoms with van der Waals surface area (Å²) in [5.41, 5.74) is 0. The Balaban J connectivity index is 1.50. The number of rotatable bonds is 9. The van der Waals surface area contributed by atoms with Crippen molar-refractivity contribution in [3.05, 3.63) is 12.2 Å². The second kappa shape index (κ2) is 9.46. The molecule has 0 radical (unpaired) electrons. The molecular weight excluding hydrogens is 364 g/mol. The first kappa shape index (κ1) is 20.1. The van der Waals surface area contributed by atoms with Gasteiger partial charge in [0, 0.05) is 38.0 Å². The van der Waals surface area contributed by atoms with Gasteiger partial charge in [0.25, 0.3) is 23.6 Å². The molecule has 2 heterocycles. The van der Waals surface area contributed by atoms with E-state index in [1.54, 1.807) is 0 Å². The van der Waals surface area contributed by atoms with Gasteiger partial charge in [-0.2, -0.15) is 0 Å². The average Bonchev–Trinajstić information content (AvgIpc) is 3.11. The van der Waals surface area contributed by atoms with Gasteiger partial charge in [-0.3, -0.25) is 33.7 Å². The zero-order chi connectivity index (χ0) is 19.8. The van der Waals surface area contributed by atoms with Crippen LogP contribution in [0.3, 0.4) is 0 Å². The summed E-state index contributed by atoms with van der Waals surface area (Å²) < 4.78 is 9.12. The number of imide groups is 2. The molecule has 0 N–H and O–H groups in total. The van der Waals surface area contributed by atoms with Crippen molar-refractivity contribution in [1.29, 1.82) is 0 Å². The number of hydrogen-bond donors (Lipinski definition) is 0. The van der Waals surface area contributed by atoms with Gasteiger partial charge in [0.15, 0.2) is 0 Å². The van der Waals surface area contributed by atoms with Crippen LogP contribution in [0.2, 0.25) is 0 Å². The minimum Gasteiger partial charge on any atom is -0.428 e. The van der Waals surface area contributed by atoms with Crippen molar-refractivity contribution in [3.63, 3.8) is 0 Å². The molecule has 2 aliphatic heterocycles. The summed E-state index contributed by atoms with van der Waals surface area (Å²) >= 11 is 0. The SMILES string of the molecule is O=C(CCCCCN1C(=O)C=CC1=O)OCOC(=O)ON1C(=O)CCC1=O. The molecule has 0 aromatic heterocycles. The highest BCUT2D eigenvalue weighted by molar-refractivity contribution is 6.12.